The second-order valence-corrected chi connectivity index (χ2v) is 4.07. The van der Waals surface area contributed by atoms with Gasteiger partial charge in [-0.2, -0.15) is 0 Å². The van der Waals surface area contributed by atoms with Crippen molar-refractivity contribution in [2.45, 2.75) is 6.92 Å². The van der Waals surface area contributed by atoms with Crippen molar-refractivity contribution in [2.24, 2.45) is 0 Å². The molecule has 0 aliphatic carbocycles. The third-order valence-corrected chi connectivity index (χ3v) is 2.57. The molecule has 0 spiro atoms. The molecule has 126 valence electrons. The number of allylic oxidation sites excluding steroid dienone is 1. The molecule has 1 aromatic rings. The summed E-state index contributed by atoms with van der Waals surface area (Å²) in [6.07, 6.45) is 1.12. The van der Waals surface area contributed by atoms with E-state index in [4.69, 9.17) is 0 Å². The van der Waals surface area contributed by atoms with Crippen LogP contribution in [0, 0.1) is 23.3 Å². The van der Waals surface area contributed by atoms with Crippen LogP contribution >= 0.6 is 0 Å². The molecule has 23 heavy (non-hydrogen) atoms. The lowest BCUT2D eigenvalue weighted by atomic mass is 10.1. The van der Waals surface area contributed by atoms with E-state index >= 15 is 0 Å². The van der Waals surface area contributed by atoms with Crippen molar-refractivity contribution in [3.8, 4) is 0 Å². The molecule has 0 fully saturated rings. The third kappa shape index (κ3) is 4.27. The van der Waals surface area contributed by atoms with Gasteiger partial charge in [-0.1, -0.05) is 0 Å². The predicted molar refractivity (Wildman–Crippen MR) is 70.8 cm³/mol. The van der Waals surface area contributed by atoms with Crippen LogP contribution in [-0.2, 0) is 9.53 Å². The Kier molecular flexibility index (Phi) is 6.67. The van der Waals surface area contributed by atoms with Gasteiger partial charge in [-0.3, -0.25) is 4.79 Å². The van der Waals surface area contributed by atoms with E-state index in [0.717, 1.165) is 0 Å². The number of hydrogen-bond donors (Lipinski definition) is 1. The molecule has 9 heteroatoms. The lowest BCUT2D eigenvalue weighted by molar-refractivity contribution is -0.137. The minimum absolute atomic E-state index is 0.00876. The van der Waals surface area contributed by atoms with Crippen molar-refractivity contribution >= 4 is 17.4 Å². The van der Waals surface area contributed by atoms with Crippen molar-refractivity contribution < 1.29 is 36.3 Å². The van der Waals surface area contributed by atoms with Crippen LogP contribution in [0.4, 0.5) is 27.6 Å². The Balaban J connectivity index is 3.32. The minimum Gasteiger partial charge on any atom is -0.463 e. The highest BCUT2D eigenvalue weighted by atomic mass is 19.2. The Hall–Kier alpha value is -2.45. The fraction of sp³-hybridized carbons (Fsp3) is 0.286. The van der Waals surface area contributed by atoms with Gasteiger partial charge in [0.25, 0.3) is 0 Å². The number of hydrogen-bond acceptors (Lipinski definition) is 4. The Morgan fingerprint density at radius 3 is 2.22 bits per heavy atom. The highest BCUT2D eigenvalue weighted by molar-refractivity contribution is 6.10. The summed E-state index contributed by atoms with van der Waals surface area (Å²) in [5.41, 5.74) is -2.21. The molecule has 0 saturated carbocycles. The highest BCUT2D eigenvalue weighted by Gasteiger charge is 2.28. The molecular formula is C14H12F5NO3. The lowest BCUT2D eigenvalue weighted by Gasteiger charge is -2.12. The first-order valence-electron chi connectivity index (χ1n) is 6.40. The quantitative estimate of drug-likeness (QED) is 0.208. The number of benzene rings is 1. The SMILES string of the molecule is CCOC(=O)/C=C/C(=O)c1c(F)c(F)c(F)c(F)c1NCCF. The number of carbonyl (C=O) groups is 2. The fourth-order valence-corrected chi connectivity index (χ4v) is 1.62. The minimum atomic E-state index is -2.19. The maximum absolute atomic E-state index is 13.8. The van der Waals surface area contributed by atoms with Crippen LogP contribution in [0.25, 0.3) is 0 Å². The third-order valence-electron chi connectivity index (χ3n) is 2.57. The van der Waals surface area contributed by atoms with Crippen molar-refractivity contribution in [1.29, 1.82) is 0 Å². The average Bonchev–Trinajstić information content (AvgIpc) is 2.53. The maximum atomic E-state index is 13.8. The van der Waals surface area contributed by atoms with Gasteiger partial charge in [-0.25, -0.2) is 26.7 Å². The zero-order valence-corrected chi connectivity index (χ0v) is 11.9. The average molecular weight is 337 g/mol. The number of esters is 1. The summed E-state index contributed by atoms with van der Waals surface area (Å²) in [6.45, 7) is -0.0958. The van der Waals surface area contributed by atoms with Gasteiger partial charge in [0.2, 0.25) is 0 Å². The molecule has 1 aromatic carbocycles. The summed E-state index contributed by atoms with van der Waals surface area (Å²) in [7, 11) is 0. The lowest BCUT2D eigenvalue weighted by Crippen LogP contribution is -2.15. The molecule has 0 amide bonds. The zero-order valence-electron chi connectivity index (χ0n) is 11.9. The molecule has 0 saturated heterocycles. The first kappa shape index (κ1) is 18.6. The predicted octanol–water partition coefficient (Wildman–Crippen LogP) is 2.93. The Bertz CT molecular complexity index is 646. The summed E-state index contributed by atoms with van der Waals surface area (Å²) in [6, 6.07) is 0. The topological polar surface area (TPSA) is 55.4 Å². The van der Waals surface area contributed by atoms with Gasteiger partial charge in [0.15, 0.2) is 29.1 Å². The summed E-state index contributed by atoms with van der Waals surface area (Å²) in [5, 5.41) is 1.97. The summed E-state index contributed by atoms with van der Waals surface area (Å²) in [5.74, 6) is -10.4. The molecule has 0 heterocycles. The molecule has 0 bridgehead atoms. The van der Waals surface area contributed by atoms with E-state index in [9.17, 15) is 31.5 Å². The largest absolute Gasteiger partial charge is 0.463 e. The molecule has 1 N–H and O–H groups in total. The second kappa shape index (κ2) is 8.25. The van der Waals surface area contributed by atoms with Gasteiger partial charge in [0, 0.05) is 12.6 Å². The van der Waals surface area contributed by atoms with Gasteiger partial charge < -0.3 is 10.1 Å². The van der Waals surface area contributed by atoms with E-state index in [-0.39, 0.29) is 6.61 Å². The molecule has 4 nitrogen and oxygen atoms in total. The van der Waals surface area contributed by atoms with Crippen LogP contribution in [0.3, 0.4) is 0 Å². The Morgan fingerprint density at radius 1 is 1.04 bits per heavy atom. The van der Waals surface area contributed by atoms with Gasteiger partial charge in [0.1, 0.15) is 6.67 Å². The Labute approximate surface area is 127 Å². The first-order chi connectivity index (χ1) is 10.8. The van der Waals surface area contributed by atoms with Crippen LogP contribution in [0.1, 0.15) is 17.3 Å². The molecular weight excluding hydrogens is 325 g/mol. The number of anilines is 1. The van der Waals surface area contributed by atoms with Gasteiger partial charge in [0.05, 0.1) is 17.9 Å². The second-order valence-electron chi connectivity index (χ2n) is 4.07. The number of alkyl halides is 1. The number of carbonyl (C=O) groups excluding carboxylic acids is 2. The van der Waals surface area contributed by atoms with Crippen molar-refractivity contribution in [1.82, 2.24) is 0 Å². The summed E-state index contributed by atoms with van der Waals surface area (Å²) >= 11 is 0. The van der Waals surface area contributed by atoms with Crippen molar-refractivity contribution in [3.05, 3.63) is 41.0 Å². The smallest absolute Gasteiger partial charge is 0.330 e. The van der Waals surface area contributed by atoms with Crippen molar-refractivity contribution in [2.75, 3.05) is 25.1 Å². The van der Waals surface area contributed by atoms with Gasteiger partial charge in [-0.05, 0) is 13.0 Å². The number of rotatable bonds is 7. The van der Waals surface area contributed by atoms with E-state index < -0.39 is 59.5 Å². The van der Waals surface area contributed by atoms with Crippen LogP contribution in [-0.4, -0.2) is 31.6 Å². The zero-order chi connectivity index (χ0) is 17.6. The molecule has 0 aliphatic heterocycles. The van der Waals surface area contributed by atoms with E-state index in [2.05, 4.69) is 4.74 Å². The first-order valence-corrected chi connectivity index (χ1v) is 6.40. The number of ether oxygens (including phenoxy) is 1. The Morgan fingerprint density at radius 2 is 1.65 bits per heavy atom. The standard InChI is InChI=1S/C14H12F5NO3/c1-2-23-8(22)4-3-7(21)9-10(16)11(17)12(18)13(19)14(9)20-6-5-15/h3-4,20H,2,5-6H2,1H3/b4-3+. The van der Waals surface area contributed by atoms with E-state index in [1.807, 2.05) is 5.32 Å². The number of ketones is 1. The molecule has 0 aromatic heterocycles. The number of halogens is 5. The summed E-state index contributed by atoms with van der Waals surface area (Å²) in [4.78, 5) is 22.9. The van der Waals surface area contributed by atoms with Crippen LogP contribution in [0.5, 0.6) is 0 Å². The van der Waals surface area contributed by atoms with Crippen LogP contribution in [0.2, 0.25) is 0 Å². The molecule has 0 unspecified atom stereocenters. The monoisotopic (exact) mass is 337 g/mol. The van der Waals surface area contributed by atoms with Gasteiger partial charge >= 0.3 is 5.97 Å². The normalized spacial score (nSPS) is 10.9. The van der Waals surface area contributed by atoms with Crippen LogP contribution < -0.4 is 5.32 Å². The molecule has 0 atom stereocenters. The maximum Gasteiger partial charge on any atom is 0.330 e. The fourth-order valence-electron chi connectivity index (χ4n) is 1.62. The van der Waals surface area contributed by atoms with Crippen LogP contribution in [0.15, 0.2) is 12.2 Å². The number of nitrogens with one attached hydrogen (secondary N) is 1. The van der Waals surface area contributed by atoms with Crippen molar-refractivity contribution in [3.63, 3.8) is 0 Å². The highest BCUT2D eigenvalue weighted by Crippen LogP contribution is 2.29. The van der Waals surface area contributed by atoms with E-state index in [1.54, 1.807) is 0 Å². The van der Waals surface area contributed by atoms with E-state index in [1.165, 1.54) is 6.92 Å². The summed E-state index contributed by atoms with van der Waals surface area (Å²) < 4.78 is 70.6. The molecule has 0 radical (unpaired) electrons. The van der Waals surface area contributed by atoms with E-state index in [0.29, 0.717) is 12.2 Å². The van der Waals surface area contributed by atoms with Gasteiger partial charge in [-0.15, -0.1) is 0 Å². The molecule has 1 rings (SSSR count). The molecule has 0 aliphatic rings.